The number of nitrogens with one attached hydrogen (secondary N) is 2. The molecule has 2 heterocycles. The summed E-state index contributed by atoms with van der Waals surface area (Å²) in [5.41, 5.74) is 1.34. The summed E-state index contributed by atoms with van der Waals surface area (Å²) in [5.74, 6) is 1.29. The summed E-state index contributed by atoms with van der Waals surface area (Å²) >= 11 is 5.19. The van der Waals surface area contributed by atoms with E-state index < -0.39 is 0 Å². The first-order chi connectivity index (χ1) is 14.2. The van der Waals surface area contributed by atoms with E-state index in [4.69, 9.17) is 21.4 Å². The van der Waals surface area contributed by atoms with Crippen LogP contribution < -0.4 is 10.1 Å². The lowest BCUT2D eigenvalue weighted by Gasteiger charge is -2.08. The first-order valence-corrected chi connectivity index (χ1v) is 9.68. The van der Waals surface area contributed by atoms with Crippen molar-refractivity contribution in [2.45, 2.75) is 26.6 Å². The molecule has 8 heteroatoms. The second-order valence-electron chi connectivity index (χ2n) is 6.38. The SMILES string of the molecule is CCn1c(CNC(=O)c2oc3ccccc3c2COc2ccccc2)n[nH]c1=S. The van der Waals surface area contributed by atoms with E-state index in [1.54, 1.807) is 0 Å². The highest BCUT2D eigenvalue weighted by molar-refractivity contribution is 7.71. The molecule has 0 aliphatic rings. The topological polar surface area (TPSA) is 85.1 Å². The highest BCUT2D eigenvalue weighted by atomic mass is 32.1. The molecular weight excluding hydrogens is 388 g/mol. The van der Waals surface area contributed by atoms with Crippen molar-refractivity contribution in [2.75, 3.05) is 0 Å². The van der Waals surface area contributed by atoms with Crippen LogP contribution in [0, 0.1) is 4.77 Å². The maximum atomic E-state index is 12.9. The molecule has 0 atom stereocenters. The second kappa shape index (κ2) is 8.32. The van der Waals surface area contributed by atoms with Crippen LogP contribution in [0.2, 0.25) is 0 Å². The van der Waals surface area contributed by atoms with Gasteiger partial charge in [0.25, 0.3) is 5.91 Å². The minimum atomic E-state index is -0.329. The molecule has 0 saturated carbocycles. The first kappa shape index (κ1) is 18.9. The fourth-order valence-corrected chi connectivity index (χ4v) is 3.43. The van der Waals surface area contributed by atoms with Gasteiger partial charge in [-0.05, 0) is 37.3 Å². The zero-order valence-electron chi connectivity index (χ0n) is 15.8. The summed E-state index contributed by atoms with van der Waals surface area (Å²) in [4.78, 5) is 12.9. The van der Waals surface area contributed by atoms with Crippen LogP contribution in [-0.2, 0) is 19.7 Å². The number of aromatic amines is 1. The van der Waals surface area contributed by atoms with Crippen LogP contribution in [-0.4, -0.2) is 20.7 Å². The fraction of sp³-hybridized carbons (Fsp3) is 0.190. The highest BCUT2D eigenvalue weighted by Gasteiger charge is 2.21. The maximum absolute atomic E-state index is 12.9. The van der Waals surface area contributed by atoms with Crippen molar-refractivity contribution in [3.63, 3.8) is 0 Å². The van der Waals surface area contributed by atoms with E-state index in [-0.39, 0.29) is 24.8 Å². The molecular formula is C21H20N4O3S. The average Bonchev–Trinajstić information content (AvgIpc) is 3.31. The van der Waals surface area contributed by atoms with Crippen molar-refractivity contribution in [1.29, 1.82) is 0 Å². The number of amides is 1. The van der Waals surface area contributed by atoms with Crippen LogP contribution in [0.1, 0.15) is 28.9 Å². The molecule has 148 valence electrons. The molecule has 0 unspecified atom stereocenters. The summed E-state index contributed by atoms with van der Waals surface area (Å²) in [6, 6.07) is 17.0. The molecule has 0 spiro atoms. The summed E-state index contributed by atoms with van der Waals surface area (Å²) in [5, 5.41) is 10.6. The molecule has 0 fully saturated rings. The third-order valence-electron chi connectivity index (χ3n) is 4.59. The Morgan fingerprint density at radius 2 is 1.97 bits per heavy atom. The molecule has 0 bridgehead atoms. The minimum Gasteiger partial charge on any atom is -0.489 e. The lowest BCUT2D eigenvalue weighted by molar-refractivity contribution is 0.0920. The third-order valence-corrected chi connectivity index (χ3v) is 4.90. The van der Waals surface area contributed by atoms with E-state index in [0.717, 1.165) is 11.1 Å². The summed E-state index contributed by atoms with van der Waals surface area (Å²) < 4.78 is 14.1. The molecule has 29 heavy (non-hydrogen) atoms. The second-order valence-corrected chi connectivity index (χ2v) is 6.77. The molecule has 2 aromatic carbocycles. The Morgan fingerprint density at radius 3 is 2.76 bits per heavy atom. The molecule has 0 aliphatic heterocycles. The van der Waals surface area contributed by atoms with Gasteiger partial charge in [0.1, 0.15) is 17.9 Å². The molecule has 0 saturated heterocycles. The Hall–Kier alpha value is -3.39. The van der Waals surface area contributed by atoms with Crippen LogP contribution in [0.3, 0.4) is 0 Å². The molecule has 1 amide bonds. The predicted molar refractivity (Wildman–Crippen MR) is 111 cm³/mol. The molecule has 7 nitrogen and oxygen atoms in total. The van der Waals surface area contributed by atoms with Gasteiger partial charge in [-0.25, -0.2) is 0 Å². The van der Waals surface area contributed by atoms with Crippen LogP contribution >= 0.6 is 12.2 Å². The smallest absolute Gasteiger partial charge is 0.287 e. The van der Waals surface area contributed by atoms with Crippen LogP contribution in [0.25, 0.3) is 11.0 Å². The number of para-hydroxylation sites is 2. The Morgan fingerprint density at radius 1 is 1.21 bits per heavy atom. The number of carbonyl (C=O) groups is 1. The van der Waals surface area contributed by atoms with Gasteiger partial charge in [0.2, 0.25) is 0 Å². The maximum Gasteiger partial charge on any atom is 0.287 e. The number of aromatic nitrogens is 3. The van der Waals surface area contributed by atoms with Gasteiger partial charge < -0.3 is 19.0 Å². The quantitative estimate of drug-likeness (QED) is 0.447. The van der Waals surface area contributed by atoms with Crippen molar-refractivity contribution in [3.05, 3.63) is 76.5 Å². The minimum absolute atomic E-state index is 0.220. The number of rotatable bonds is 7. The molecule has 4 rings (SSSR count). The third kappa shape index (κ3) is 3.93. The van der Waals surface area contributed by atoms with Crippen LogP contribution in [0.4, 0.5) is 0 Å². The van der Waals surface area contributed by atoms with Gasteiger partial charge in [-0.15, -0.1) is 0 Å². The van der Waals surface area contributed by atoms with E-state index >= 15 is 0 Å². The van der Waals surface area contributed by atoms with E-state index in [2.05, 4.69) is 15.5 Å². The zero-order chi connectivity index (χ0) is 20.2. The van der Waals surface area contributed by atoms with Gasteiger partial charge in [-0.3, -0.25) is 9.89 Å². The number of hydrogen-bond acceptors (Lipinski definition) is 5. The van der Waals surface area contributed by atoms with Crippen molar-refractivity contribution < 1.29 is 13.9 Å². The highest BCUT2D eigenvalue weighted by Crippen LogP contribution is 2.27. The van der Waals surface area contributed by atoms with E-state index in [1.165, 1.54) is 0 Å². The molecule has 4 aromatic rings. The van der Waals surface area contributed by atoms with Crippen LogP contribution in [0.5, 0.6) is 5.75 Å². The van der Waals surface area contributed by atoms with E-state index in [9.17, 15) is 4.79 Å². The van der Waals surface area contributed by atoms with Gasteiger partial charge in [-0.2, -0.15) is 5.10 Å². The number of nitrogens with zero attached hydrogens (tertiary/aromatic N) is 2. The Labute approximate surface area is 172 Å². The number of ether oxygens (including phenoxy) is 1. The van der Waals surface area contributed by atoms with Crippen molar-refractivity contribution in [1.82, 2.24) is 20.1 Å². The molecule has 2 N–H and O–H groups in total. The van der Waals surface area contributed by atoms with Gasteiger partial charge in [-0.1, -0.05) is 36.4 Å². The Bertz CT molecular complexity index is 1190. The number of H-pyrrole nitrogens is 1. The zero-order valence-corrected chi connectivity index (χ0v) is 16.7. The summed E-state index contributed by atoms with van der Waals surface area (Å²) in [6.45, 7) is 3.09. The van der Waals surface area contributed by atoms with Gasteiger partial charge in [0.05, 0.1) is 6.54 Å². The van der Waals surface area contributed by atoms with E-state index in [0.29, 0.717) is 28.3 Å². The van der Waals surface area contributed by atoms with Gasteiger partial charge in [0.15, 0.2) is 16.4 Å². The lowest BCUT2D eigenvalue weighted by atomic mass is 10.1. The summed E-state index contributed by atoms with van der Waals surface area (Å²) in [7, 11) is 0. The molecule has 0 radical (unpaired) electrons. The number of carbonyl (C=O) groups excluding carboxylic acids is 1. The number of benzene rings is 2. The number of furan rings is 1. The summed E-state index contributed by atoms with van der Waals surface area (Å²) in [6.07, 6.45) is 0. The monoisotopic (exact) mass is 408 g/mol. The fourth-order valence-electron chi connectivity index (χ4n) is 3.15. The van der Waals surface area contributed by atoms with Gasteiger partial charge >= 0.3 is 0 Å². The van der Waals surface area contributed by atoms with Crippen molar-refractivity contribution >= 4 is 29.1 Å². The Balaban J connectivity index is 1.58. The normalized spacial score (nSPS) is 10.9. The van der Waals surface area contributed by atoms with Crippen molar-refractivity contribution in [3.8, 4) is 5.75 Å². The van der Waals surface area contributed by atoms with Gasteiger partial charge in [0, 0.05) is 17.5 Å². The molecule has 0 aliphatic carbocycles. The van der Waals surface area contributed by atoms with Crippen molar-refractivity contribution in [2.24, 2.45) is 0 Å². The van der Waals surface area contributed by atoms with E-state index in [1.807, 2.05) is 66.1 Å². The van der Waals surface area contributed by atoms with Crippen LogP contribution in [0.15, 0.2) is 59.0 Å². The number of fused-ring (bicyclic) bond motifs is 1. The largest absolute Gasteiger partial charge is 0.489 e. The lowest BCUT2D eigenvalue weighted by Crippen LogP contribution is -2.25. The average molecular weight is 408 g/mol. The molecule has 2 aromatic heterocycles. The first-order valence-electron chi connectivity index (χ1n) is 9.28. The number of hydrogen-bond donors (Lipinski definition) is 2. The predicted octanol–water partition coefficient (Wildman–Crippen LogP) is 4.22. The standard InChI is InChI=1S/C21H20N4O3S/c1-2-25-18(23-24-21(25)29)12-22-20(26)19-16(13-27-14-8-4-3-5-9-14)15-10-6-7-11-17(15)28-19/h3-11H,2,12-13H2,1H3,(H,22,26)(H,24,29). The Kier molecular flexibility index (Phi) is 5.44.